The molecule has 1 aromatic heterocycles. The second-order valence-corrected chi connectivity index (χ2v) is 5.21. The fourth-order valence-corrected chi connectivity index (χ4v) is 2.49. The minimum Gasteiger partial charge on any atom is -0.453 e. The Labute approximate surface area is 119 Å². The second kappa shape index (κ2) is 4.67. The Hall–Kier alpha value is -1.87. The van der Waals surface area contributed by atoms with E-state index in [9.17, 15) is 4.79 Å². The van der Waals surface area contributed by atoms with E-state index >= 15 is 0 Å². The van der Waals surface area contributed by atoms with Gasteiger partial charge in [0.15, 0.2) is 5.76 Å². The molecule has 3 aromatic rings. The molecule has 0 bridgehead atoms. The lowest BCUT2D eigenvalue weighted by atomic mass is 10.1. The van der Waals surface area contributed by atoms with Crippen LogP contribution in [0.5, 0.6) is 0 Å². The van der Waals surface area contributed by atoms with E-state index < -0.39 is 0 Å². The van der Waals surface area contributed by atoms with Crippen molar-refractivity contribution in [2.75, 3.05) is 0 Å². The molecule has 0 aliphatic heterocycles. The average Bonchev–Trinajstić information content (AvgIpc) is 2.85. The van der Waals surface area contributed by atoms with Gasteiger partial charge in [-0.3, -0.25) is 4.79 Å². The van der Waals surface area contributed by atoms with Gasteiger partial charge >= 0.3 is 0 Å². The van der Waals surface area contributed by atoms with E-state index in [0.29, 0.717) is 11.3 Å². The van der Waals surface area contributed by atoms with Gasteiger partial charge in [0.05, 0.1) is 0 Å². The van der Waals surface area contributed by atoms with E-state index in [1.165, 1.54) is 0 Å². The first-order chi connectivity index (χ1) is 9.16. The van der Waals surface area contributed by atoms with Crippen molar-refractivity contribution in [1.82, 2.24) is 0 Å². The van der Waals surface area contributed by atoms with Crippen molar-refractivity contribution in [3.63, 3.8) is 0 Å². The number of furan rings is 1. The molecule has 2 aromatic carbocycles. The Morgan fingerprint density at radius 1 is 1.11 bits per heavy atom. The molecule has 0 saturated heterocycles. The number of ketones is 1. The molecule has 0 aliphatic rings. The summed E-state index contributed by atoms with van der Waals surface area (Å²) in [5, 5.41) is 0.939. The molecular formula is C16H11BrO2. The van der Waals surface area contributed by atoms with Gasteiger partial charge in [-0.05, 0) is 46.6 Å². The number of hydrogen-bond acceptors (Lipinski definition) is 2. The minimum absolute atomic E-state index is 0.105. The highest BCUT2D eigenvalue weighted by atomic mass is 79.9. The van der Waals surface area contributed by atoms with Crippen LogP contribution >= 0.6 is 15.9 Å². The molecule has 2 nitrogen and oxygen atoms in total. The zero-order valence-corrected chi connectivity index (χ0v) is 11.9. The van der Waals surface area contributed by atoms with E-state index in [2.05, 4.69) is 15.9 Å². The van der Waals surface area contributed by atoms with Crippen molar-refractivity contribution in [3.8, 4) is 0 Å². The predicted octanol–water partition coefficient (Wildman–Crippen LogP) is 4.73. The summed E-state index contributed by atoms with van der Waals surface area (Å²) in [4.78, 5) is 12.5. The largest absolute Gasteiger partial charge is 0.453 e. The number of hydrogen-bond donors (Lipinski definition) is 0. The fraction of sp³-hybridized carbons (Fsp3) is 0.0625. The molecule has 0 aliphatic carbocycles. The van der Waals surface area contributed by atoms with Crippen LogP contribution in [0.1, 0.15) is 21.7 Å². The van der Waals surface area contributed by atoms with Gasteiger partial charge < -0.3 is 4.42 Å². The highest BCUT2D eigenvalue weighted by Crippen LogP contribution is 2.26. The van der Waals surface area contributed by atoms with Crippen LogP contribution in [-0.4, -0.2) is 5.78 Å². The Kier molecular flexibility index (Phi) is 2.99. The lowest BCUT2D eigenvalue weighted by Crippen LogP contribution is -2.01. The number of benzene rings is 2. The zero-order chi connectivity index (χ0) is 13.4. The standard InChI is InChI=1S/C16H11BrO2/c1-10-5-4-7-12(15(10)17)16(18)14-9-11-6-2-3-8-13(11)19-14/h2-9H,1H3. The Morgan fingerprint density at radius 2 is 1.89 bits per heavy atom. The van der Waals surface area contributed by atoms with Crippen molar-refractivity contribution in [2.45, 2.75) is 6.92 Å². The first-order valence-electron chi connectivity index (χ1n) is 5.95. The Morgan fingerprint density at radius 3 is 2.68 bits per heavy atom. The first kappa shape index (κ1) is 12.2. The van der Waals surface area contributed by atoms with E-state index in [4.69, 9.17) is 4.42 Å². The topological polar surface area (TPSA) is 30.2 Å². The molecule has 1 heterocycles. The third-order valence-corrected chi connectivity index (χ3v) is 4.14. The summed E-state index contributed by atoms with van der Waals surface area (Å²) in [5.74, 6) is 0.263. The van der Waals surface area contributed by atoms with Crippen LogP contribution in [0.3, 0.4) is 0 Å². The molecule has 0 radical (unpaired) electrons. The van der Waals surface area contributed by atoms with Gasteiger partial charge in [-0.1, -0.05) is 30.3 Å². The smallest absolute Gasteiger partial charge is 0.229 e. The first-order valence-corrected chi connectivity index (χ1v) is 6.74. The van der Waals surface area contributed by atoms with Crippen molar-refractivity contribution in [1.29, 1.82) is 0 Å². The molecule has 0 amide bonds. The molecule has 19 heavy (non-hydrogen) atoms. The molecule has 3 heteroatoms. The van der Waals surface area contributed by atoms with Gasteiger partial charge in [0.25, 0.3) is 0 Å². The summed E-state index contributed by atoms with van der Waals surface area (Å²) in [6.07, 6.45) is 0. The van der Waals surface area contributed by atoms with E-state index in [1.807, 2.05) is 43.3 Å². The Bertz CT molecular complexity index is 738. The second-order valence-electron chi connectivity index (χ2n) is 4.41. The maximum Gasteiger partial charge on any atom is 0.229 e. The highest BCUT2D eigenvalue weighted by molar-refractivity contribution is 9.10. The molecule has 94 valence electrons. The Balaban J connectivity index is 2.11. The van der Waals surface area contributed by atoms with Gasteiger partial charge in [-0.25, -0.2) is 0 Å². The van der Waals surface area contributed by atoms with Crippen molar-refractivity contribution >= 4 is 32.7 Å². The maximum atomic E-state index is 12.5. The molecule has 0 fully saturated rings. The number of carbonyl (C=O) groups excluding carboxylic acids is 1. The minimum atomic E-state index is -0.105. The summed E-state index contributed by atoms with van der Waals surface area (Å²) < 4.78 is 6.43. The summed E-state index contributed by atoms with van der Waals surface area (Å²) in [7, 11) is 0. The number of halogens is 1. The summed E-state index contributed by atoms with van der Waals surface area (Å²) in [6.45, 7) is 1.96. The maximum absolute atomic E-state index is 12.5. The molecule has 0 saturated carbocycles. The van der Waals surface area contributed by atoms with Gasteiger partial charge in [-0.15, -0.1) is 0 Å². The number of rotatable bonds is 2. The summed E-state index contributed by atoms with van der Waals surface area (Å²) >= 11 is 3.46. The van der Waals surface area contributed by atoms with E-state index in [1.54, 1.807) is 12.1 Å². The molecular weight excluding hydrogens is 304 g/mol. The van der Waals surface area contributed by atoms with Crippen molar-refractivity contribution in [3.05, 3.63) is 69.9 Å². The van der Waals surface area contributed by atoms with Crippen LogP contribution in [-0.2, 0) is 0 Å². The third kappa shape index (κ3) is 2.10. The lowest BCUT2D eigenvalue weighted by Gasteiger charge is -2.03. The molecule has 0 N–H and O–H groups in total. The van der Waals surface area contributed by atoms with Crippen molar-refractivity contribution in [2.24, 2.45) is 0 Å². The molecule has 3 rings (SSSR count). The average molecular weight is 315 g/mol. The third-order valence-electron chi connectivity index (χ3n) is 3.09. The lowest BCUT2D eigenvalue weighted by molar-refractivity contribution is 0.101. The highest BCUT2D eigenvalue weighted by Gasteiger charge is 2.17. The van der Waals surface area contributed by atoms with Gasteiger partial charge in [0.2, 0.25) is 5.78 Å². The monoisotopic (exact) mass is 314 g/mol. The van der Waals surface area contributed by atoms with Crippen LogP contribution in [0.15, 0.2) is 57.4 Å². The van der Waals surface area contributed by atoms with E-state index in [0.717, 1.165) is 21.0 Å². The van der Waals surface area contributed by atoms with Gasteiger partial charge in [-0.2, -0.15) is 0 Å². The SMILES string of the molecule is Cc1cccc(C(=O)c2cc3ccccc3o2)c1Br. The van der Waals surface area contributed by atoms with Crippen molar-refractivity contribution < 1.29 is 9.21 Å². The predicted molar refractivity (Wildman–Crippen MR) is 78.5 cm³/mol. The normalized spacial score (nSPS) is 10.8. The zero-order valence-electron chi connectivity index (χ0n) is 10.3. The number of aryl methyl sites for hydroxylation is 1. The summed E-state index contributed by atoms with van der Waals surface area (Å²) in [6, 6.07) is 15.0. The van der Waals surface area contributed by atoms with Crippen LogP contribution in [0, 0.1) is 6.92 Å². The van der Waals surface area contributed by atoms with Crippen LogP contribution in [0.2, 0.25) is 0 Å². The number of carbonyl (C=O) groups is 1. The fourth-order valence-electron chi connectivity index (χ4n) is 2.05. The van der Waals surface area contributed by atoms with Crippen LogP contribution < -0.4 is 0 Å². The van der Waals surface area contributed by atoms with Gasteiger partial charge in [0.1, 0.15) is 5.58 Å². The number of para-hydroxylation sites is 1. The molecule has 0 atom stereocenters. The quantitative estimate of drug-likeness (QED) is 0.640. The van der Waals surface area contributed by atoms with Crippen LogP contribution in [0.25, 0.3) is 11.0 Å². The van der Waals surface area contributed by atoms with Crippen LogP contribution in [0.4, 0.5) is 0 Å². The number of fused-ring (bicyclic) bond motifs is 1. The molecule has 0 spiro atoms. The molecule has 0 unspecified atom stereocenters. The van der Waals surface area contributed by atoms with E-state index in [-0.39, 0.29) is 5.78 Å². The summed E-state index contributed by atoms with van der Waals surface area (Å²) in [5.41, 5.74) is 2.38. The van der Waals surface area contributed by atoms with Gasteiger partial charge in [0, 0.05) is 15.4 Å².